The van der Waals surface area contributed by atoms with E-state index in [2.05, 4.69) is 0 Å². The van der Waals surface area contributed by atoms with Gasteiger partial charge in [0.1, 0.15) is 5.44 Å². The van der Waals surface area contributed by atoms with E-state index in [1.807, 2.05) is 42.5 Å². The van der Waals surface area contributed by atoms with Crippen molar-refractivity contribution in [3.05, 3.63) is 48.0 Å². The molecule has 1 N–H and O–H groups in total. The molecular weight excluding hydrogens is 180 g/mol. The Hall–Kier alpha value is -0.990. The lowest BCUT2D eigenvalue weighted by Gasteiger charge is -2.06. The molecule has 13 heavy (non-hydrogen) atoms. The molecule has 0 aliphatic carbocycles. The first-order chi connectivity index (χ1) is 6.29. The molecule has 0 spiro atoms. The van der Waals surface area contributed by atoms with E-state index in [1.54, 1.807) is 0 Å². The summed E-state index contributed by atoms with van der Waals surface area (Å²) >= 11 is 4.83. The maximum atomic E-state index is 9.34. The van der Waals surface area contributed by atoms with Crippen molar-refractivity contribution < 1.29 is 5.11 Å². The predicted molar refractivity (Wildman–Crippen MR) is 56.5 cm³/mol. The van der Waals surface area contributed by atoms with E-state index in [0.29, 0.717) is 0 Å². The highest BCUT2D eigenvalue weighted by Crippen LogP contribution is 2.25. The van der Waals surface area contributed by atoms with Crippen molar-refractivity contribution in [1.82, 2.24) is 0 Å². The van der Waals surface area contributed by atoms with Crippen molar-refractivity contribution in [2.45, 2.75) is 5.44 Å². The molecule has 2 rings (SSSR count). The van der Waals surface area contributed by atoms with E-state index in [-0.39, 0.29) is 0 Å². The maximum absolute atomic E-state index is 9.34. The molecule has 2 heteroatoms. The Labute approximate surface area is 82.4 Å². The van der Waals surface area contributed by atoms with Crippen molar-refractivity contribution in [2.75, 3.05) is 0 Å². The van der Waals surface area contributed by atoms with Crippen LogP contribution in [-0.2, 0) is 0 Å². The Morgan fingerprint density at radius 1 is 1.00 bits per heavy atom. The van der Waals surface area contributed by atoms with E-state index in [4.69, 9.17) is 12.6 Å². The second-order valence-corrected chi connectivity index (χ2v) is 3.37. The second kappa shape index (κ2) is 3.40. The fourth-order valence-corrected chi connectivity index (χ4v) is 1.67. The second-order valence-electron chi connectivity index (χ2n) is 2.92. The number of aliphatic hydroxyl groups is 1. The predicted octanol–water partition coefficient (Wildman–Crippen LogP) is 3.03. The summed E-state index contributed by atoms with van der Waals surface area (Å²) in [6.07, 6.45) is 0. The van der Waals surface area contributed by atoms with Gasteiger partial charge in [-0.15, -0.1) is 0 Å². The Bertz CT molecular complexity index is 418. The van der Waals surface area contributed by atoms with Gasteiger partial charge >= 0.3 is 0 Å². The van der Waals surface area contributed by atoms with Gasteiger partial charge in [0.2, 0.25) is 0 Å². The minimum Gasteiger partial charge on any atom is -0.377 e. The van der Waals surface area contributed by atoms with Crippen molar-refractivity contribution in [3.8, 4) is 0 Å². The quantitative estimate of drug-likeness (QED) is 0.731. The zero-order chi connectivity index (χ0) is 9.26. The fraction of sp³-hybridized carbons (Fsp3) is 0.0909. The van der Waals surface area contributed by atoms with E-state index in [1.165, 1.54) is 0 Å². The normalized spacial score (nSPS) is 13.1. The summed E-state index contributed by atoms with van der Waals surface area (Å²) in [6.45, 7) is 0. The lowest BCUT2D eigenvalue weighted by molar-refractivity contribution is 0.274. The summed E-state index contributed by atoms with van der Waals surface area (Å²) in [5.41, 5.74) is -0.000741. The summed E-state index contributed by atoms with van der Waals surface area (Å²) in [5.74, 6) is 0. The topological polar surface area (TPSA) is 20.2 Å². The third-order valence-electron chi connectivity index (χ3n) is 2.09. The number of hydrogen-bond acceptors (Lipinski definition) is 1. The van der Waals surface area contributed by atoms with Gasteiger partial charge in [-0.2, -0.15) is 0 Å². The SMILES string of the molecule is OC([S])c1cccc2ccccc12. The Morgan fingerprint density at radius 3 is 2.46 bits per heavy atom. The summed E-state index contributed by atoms with van der Waals surface area (Å²) in [7, 11) is 0. The number of rotatable bonds is 1. The van der Waals surface area contributed by atoms with Gasteiger partial charge in [0.25, 0.3) is 0 Å². The molecule has 0 aromatic heterocycles. The minimum absolute atomic E-state index is 0.813. The van der Waals surface area contributed by atoms with Crippen LogP contribution >= 0.6 is 12.6 Å². The average Bonchev–Trinajstić information content (AvgIpc) is 2.17. The van der Waals surface area contributed by atoms with Crippen LogP contribution in [0.4, 0.5) is 0 Å². The highest BCUT2D eigenvalue weighted by atomic mass is 32.1. The first-order valence-electron chi connectivity index (χ1n) is 4.10. The largest absolute Gasteiger partial charge is 0.377 e. The van der Waals surface area contributed by atoms with Crippen LogP contribution in [0.3, 0.4) is 0 Å². The van der Waals surface area contributed by atoms with Crippen molar-refractivity contribution in [1.29, 1.82) is 0 Å². The average molecular weight is 189 g/mol. The smallest absolute Gasteiger partial charge is 0.135 e. The molecule has 1 unspecified atom stereocenters. The van der Waals surface area contributed by atoms with E-state index < -0.39 is 5.44 Å². The highest BCUT2D eigenvalue weighted by molar-refractivity contribution is 7.80. The van der Waals surface area contributed by atoms with Gasteiger partial charge in [-0.05, 0) is 16.3 Å². The van der Waals surface area contributed by atoms with Crippen LogP contribution in [0.1, 0.15) is 11.0 Å². The molecular formula is C11H9OS. The van der Waals surface area contributed by atoms with Crippen LogP contribution < -0.4 is 0 Å². The summed E-state index contributed by atoms with van der Waals surface area (Å²) in [5, 5.41) is 11.5. The van der Waals surface area contributed by atoms with E-state index in [9.17, 15) is 5.11 Å². The van der Waals surface area contributed by atoms with Gasteiger partial charge in [0.05, 0.1) is 0 Å². The Balaban J connectivity index is 2.76. The molecule has 2 aromatic carbocycles. The van der Waals surface area contributed by atoms with Crippen molar-refractivity contribution in [2.24, 2.45) is 0 Å². The number of hydrogen-bond donors (Lipinski definition) is 1. The highest BCUT2D eigenvalue weighted by Gasteiger charge is 2.05. The van der Waals surface area contributed by atoms with Gasteiger partial charge in [0.15, 0.2) is 0 Å². The van der Waals surface area contributed by atoms with Crippen LogP contribution in [0, 0.1) is 0 Å². The molecule has 0 bridgehead atoms. The van der Waals surface area contributed by atoms with Crippen LogP contribution in [0.2, 0.25) is 0 Å². The molecule has 0 heterocycles. The standard InChI is InChI=1S/C11H9OS/c12-11(13)10-7-3-5-8-4-1-2-6-9(8)10/h1-7,11-12H. The summed E-state index contributed by atoms with van der Waals surface area (Å²) in [4.78, 5) is 0. The van der Waals surface area contributed by atoms with Crippen molar-refractivity contribution >= 4 is 23.4 Å². The zero-order valence-corrected chi connectivity index (χ0v) is 7.79. The molecule has 0 fully saturated rings. The number of aliphatic hydroxyl groups excluding tert-OH is 1. The molecule has 0 amide bonds. The van der Waals surface area contributed by atoms with Gasteiger partial charge in [-0.25, -0.2) is 0 Å². The fourth-order valence-electron chi connectivity index (χ4n) is 1.47. The van der Waals surface area contributed by atoms with Gasteiger partial charge in [-0.1, -0.05) is 55.1 Å². The monoisotopic (exact) mass is 189 g/mol. The van der Waals surface area contributed by atoms with Gasteiger partial charge in [-0.3, -0.25) is 0 Å². The molecule has 0 aliphatic heterocycles. The molecule has 1 atom stereocenters. The molecule has 1 radical (unpaired) electrons. The molecule has 65 valence electrons. The lowest BCUT2D eigenvalue weighted by Crippen LogP contribution is -1.88. The third-order valence-corrected chi connectivity index (χ3v) is 2.34. The third kappa shape index (κ3) is 1.55. The van der Waals surface area contributed by atoms with Crippen molar-refractivity contribution in [3.63, 3.8) is 0 Å². The van der Waals surface area contributed by atoms with Gasteiger partial charge in [0, 0.05) is 0 Å². The maximum Gasteiger partial charge on any atom is 0.135 e. The van der Waals surface area contributed by atoms with Crippen LogP contribution in [-0.4, -0.2) is 5.11 Å². The summed E-state index contributed by atoms with van der Waals surface area (Å²) in [6, 6.07) is 13.7. The van der Waals surface area contributed by atoms with E-state index in [0.717, 1.165) is 16.3 Å². The first-order valence-corrected chi connectivity index (χ1v) is 4.58. The van der Waals surface area contributed by atoms with Crippen LogP contribution in [0.15, 0.2) is 42.5 Å². The van der Waals surface area contributed by atoms with Crippen LogP contribution in [0.5, 0.6) is 0 Å². The lowest BCUT2D eigenvalue weighted by atomic mass is 10.1. The number of benzene rings is 2. The minimum atomic E-state index is -0.814. The van der Waals surface area contributed by atoms with Gasteiger partial charge < -0.3 is 5.11 Å². The molecule has 1 nitrogen and oxygen atoms in total. The zero-order valence-electron chi connectivity index (χ0n) is 6.97. The number of fused-ring (bicyclic) bond motifs is 1. The Morgan fingerprint density at radius 2 is 1.69 bits per heavy atom. The Kier molecular flexibility index (Phi) is 2.25. The molecule has 0 aliphatic rings. The molecule has 0 saturated heterocycles. The van der Waals surface area contributed by atoms with E-state index >= 15 is 0 Å². The summed E-state index contributed by atoms with van der Waals surface area (Å²) < 4.78 is 0. The van der Waals surface area contributed by atoms with Crippen LogP contribution in [0.25, 0.3) is 10.8 Å². The first kappa shape index (κ1) is 8.60. The molecule has 2 aromatic rings. The molecule has 0 saturated carbocycles.